The first-order chi connectivity index (χ1) is 25.2. The van der Waals surface area contributed by atoms with Crippen molar-refractivity contribution < 1.29 is 43.1 Å². The monoisotopic (exact) mass is 788 g/mol. The maximum atomic E-state index is 12.8. The SMILES string of the molecule is COc1ccccc1-c1nccc(COc2ccc3cc2C[C@H](C(=O)O)Oc2ncnc4oc(Br)c(c24)-c2ccc(c(Cl)c2C)O[C@H](CO)CO3)n1. The number of methoxy groups -OCH3 is 1. The minimum atomic E-state index is -1.44. The van der Waals surface area contributed by atoms with Crippen LogP contribution in [-0.4, -0.2) is 68.6 Å². The maximum Gasteiger partial charge on any atom is 0.345 e. The molecule has 0 saturated carbocycles. The molecule has 13 nitrogen and oxygen atoms in total. The highest BCUT2D eigenvalue weighted by atomic mass is 79.9. The molecule has 0 unspecified atom stereocenters. The zero-order chi connectivity index (χ0) is 36.4. The second kappa shape index (κ2) is 15.0. The maximum absolute atomic E-state index is 12.8. The van der Waals surface area contributed by atoms with Gasteiger partial charge < -0.3 is 38.3 Å². The molecule has 0 amide bonds. The number of fused-ring (bicyclic) bond motifs is 7. The Bertz CT molecular complexity index is 2280. The van der Waals surface area contributed by atoms with E-state index >= 15 is 0 Å². The molecule has 8 rings (SSSR count). The van der Waals surface area contributed by atoms with Crippen molar-refractivity contribution in [3.05, 3.63) is 99.7 Å². The minimum Gasteiger partial charge on any atom is -0.496 e. The number of hydrogen-bond donors (Lipinski definition) is 2. The number of aliphatic carboxylic acids is 1. The van der Waals surface area contributed by atoms with Gasteiger partial charge in [-0.25, -0.2) is 24.7 Å². The number of hydrogen-bond acceptors (Lipinski definition) is 12. The fourth-order valence-corrected chi connectivity index (χ4v) is 6.55. The molecule has 2 aliphatic rings. The number of carboxylic acid groups (broad SMARTS) is 1. The van der Waals surface area contributed by atoms with E-state index in [1.165, 1.54) is 6.33 Å². The van der Waals surface area contributed by atoms with Crippen LogP contribution in [0, 0.1) is 6.92 Å². The van der Waals surface area contributed by atoms with Gasteiger partial charge in [0.2, 0.25) is 17.7 Å². The summed E-state index contributed by atoms with van der Waals surface area (Å²) in [4.78, 5) is 30.5. The number of aliphatic hydroxyl groups excluding tert-OH is 1. The Balaban J connectivity index is 1.27. The Hall–Kier alpha value is -5.44. The third-order valence-electron chi connectivity index (χ3n) is 8.37. The summed E-state index contributed by atoms with van der Waals surface area (Å²) in [5.41, 5.74) is 3.69. The summed E-state index contributed by atoms with van der Waals surface area (Å²) >= 11 is 10.3. The van der Waals surface area contributed by atoms with Crippen LogP contribution in [0.25, 0.3) is 33.6 Å². The van der Waals surface area contributed by atoms with E-state index in [0.717, 1.165) is 5.56 Å². The van der Waals surface area contributed by atoms with Crippen LogP contribution in [0.15, 0.2) is 82.3 Å². The number of furan rings is 1. The second-order valence-corrected chi connectivity index (χ2v) is 12.8. The van der Waals surface area contributed by atoms with Crippen LogP contribution in [0.4, 0.5) is 0 Å². The Kier molecular flexibility index (Phi) is 10.1. The first-order valence-corrected chi connectivity index (χ1v) is 17.1. The number of benzene rings is 3. The number of rotatable bonds is 7. The number of halogens is 2. The Morgan fingerprint density at radius 1 is 1.04 bits per heavy atom. The molecule has 5 heterocycles. The van der Waals surface area contributed by atoms with E-state index in [1.54, 1.807) is 56.6 Å². The van der Waals surface area contributed by atoms with Gasteiger partial charge in [-0.2, -0.15) is 0 Å². The molecule has 4 bridgehead atoms. The highest BCUT2D eigenvalue weighted by Gasteiger charge is 2.29. The molecule has 3 aromatic carbocycles. The van der Waals surface area contributed by atoms with Crippen LogP contribution in [-0.2, 0) is 17.8 Å². The van der Waals surface area contributed by atoms with Gasteiger partial charge in [-0.15, -0.1) is 0 Å². The van der Waals surface area contributed by atoms with Crippen LogP contribution in [0.5, 0.6) is 28.9 Å². The fraction of sp³-hybridized carbons (Fsp3) is 0.216. The highest BCUT2D eigenvalue weighted by Crippen LogP contribution is 2.45. The van der Waals surface area contributed by atoms with Gasteiger partial charge in [0.15, 0.2) is 16.6 Å². The second-order valence-electron chi connectivity index (χ2n) is 11.7. The highest BCUT2D eigenvalue weighted by molar-refractivity contribution is 9.10. The molecule has 2 atom stereocenters. The molecule has 52 heavy (non-hydrogen) atoms. The lowest BCUT2D eigenvalue weighted by atomic mass is 10.0. The fourth-order valence-electron chi connectivity index (χ4n) is 5.77. The Labute approximate surface area is 310 Å². The van der Waals surface area contributed by atoms with Crippen LogP contribution in [0.3, 0.4) is 0 Å². The molecule has 2 aliphatic heterocycles. The zero-order valence-corrected chi connectivity index (χ0v) is 30.1. The topological polar surface area (TPSA) is 168 Å². The van der Waals surface area contributed by atoms with Gasteiger partial charge in [-0.3, -0.25) is 0 Å². The quantitative estimate of drug-likeness (QED) is 0.172. The van der Waals surface area contributed by atoms with Crippen molar-refractivity contribution in [2.75, 3.05) is 20.3 Å². The molecule has 2 N–H and O–H groups in total. The lowest BCUT2D eigenvalue weighted by Gasteiger charge is -2.20. The summed E-state index contributed by atoms with van der Waals surface area (Å²) < 4.78 is 36.2. The molecule has 266 valence electrons. The standard InChI is InChI=1S/C37H30BrClN4O9/c1-19-24-8-10-28(32(19)39)50-23(15-44)17-48-22-7-9-26(49-16-21-11-12-40-34(43-21)25-5-3-4-6-27(25)47-2)20(13-22)14-29(37(45)46)51-35-31-30(24)33(38)52-36(31)42-18-41-35/h3-13,18,23,29,44H,14-17H2,1-2H3,(H,45,46)/t23-,29-/m1/s1. The van der Waals surface area contributed by atoms with Gasteiger partial charge in [0.1, 0.15) is 47.9 Å². The van der Waals surface area contributed by atoms with Gasteiger partial charge in [0.25, 0.3) is 0 Å². The van der Waals surface area contributed by atoms with Crippen LogP contribution < -0.4 is 23.7 Å². The molecule has 0 saturated heterocycles. The third-order valence-corrected chi connectivity index (χ3v) is 9.40. The summed E-state index contributed by atoms with van der Waals surface area (Å²) in [5, 5.41) is 21.3. The van der Waals surface area contributed by atoms with E-state index in [9.17, 15) is 15.0 Å². The number of para-hydroxylation sites is 1. The summed E-state index contributed by atoms with van der Waals surface area (Å²) in [6.07, 6.45) is 0.476. The summed E-state index contributed by atoms with van der Waals surface area (Å²) in [5.74, 6) is 0.899. The molecule has 0 aliphatic carbocycles. The van der Waals surface area contributed by atoms with Gasteiger partial charge in [-0.05, 0) is 76.4 Å². The van der Waals surface area contributed by atoms with E-state index in [2.05, 4.69) is 35.9 Å². The molecule has 0 fully saturated rings. The Morgan fingerprint density at radius 2 is 1.88 bits per heavy atom. The van der Waals surface area contributed by atoms with Crippen molar-refractivity contribution in [2.24, 2.45) is 0 Å². The Morgan fingerprint density at radius 3 is 2.69 bits per heavy atom. The first-order valence-electron chi connectivity index (χ1n) is 16.0. The van der Waals surface area contributed by atoms with Crippen molar-refractivity contribution in [2.45, 2.75) is 32.2 Å². The lowest BCUT2D eigenvalue weighted by Crippen LogP contribution is -2.30. The molecular formula is C37H30BrClN4O9. The molecule has 0 radical (unpaired) electrons. The predicted molar refractivity (Wildman–Crippen MR) is 192 cm³/mol. The summed E-state index contributed by atoms with van der Waals surface area (Å²) in [6, 6.07) is 17.6. The number of ether oxygens (including phenoxy) is 5. The van der Waals surface area contributed by atoms with E-state index in [1.807, 2.05) is 24.3 Å². The number of aliphatic hydroxyl groups is 1. The van der Waals surface area contributed by atoms with Crippen molar-refractivity contribution in [3.8, 4) is 51.4 Å². The minimum absolute atomic E-state index is 0.0120. The third kappa shape index (κ3) is 7.04. The van der Waals surface area contributed by atoms with Crippen molar-refractivity contribution >= 4 is 44.6 Å². The van der Waals surface area contributed by atoms with Crippen LogP contribution in [0.2, 0.25) is 5.02 Å². The van der Waals surface area contributed by atoms with Crippen LogP contribution >= 0.6 is 27.5 Å². The predicted octanol–water partition coefficient (Wildman–Crippen LogP) is 6.87. The number of aromatic nitrogens is 4. The van der Waals surface area contributed by atoms with Gasteiger partial charge in [0.05, 0.1) is 35.6 Å². The molecule has 6 aromatic rings. The molecule has 15 heteroatoms. The smallest absolute Gasteiger partial charge is 0.345 e. The molecular weight excluding hydrogens is 760 g/mol. The van der Waals surface area contributed by atoms with Gasteiger partial charge >= 0.3 is 5.97 Å². The van der Waals surface area contributed by atoms with E-state index in [-0.39, 0.29) is 37.8 Å². The van der Waals surface area contributed by atoms with Crippen molar-refractivity contribution in [1.29, 1.82) is 0 Å². The largest absolute Gasteiger partial charge is 0.496 e. The molecule has 3 aromatic heterocycles. The number of nitrogens with zero attached hydrogens (tertiary/aromatic N) is 4. The van der Waals surface area contributed by atoms with Gasteiger partial charge in [0, 0.05) is 18.2 Å². The summed E-state index contributed by atoms with van der Waals surface area (Å²) in [7, 11) is 1.58. The van der Waals surface area contributed by atoms with E-state index in [4.69, 9.17) is 39.7 Å². The van der Waals surface area contributed by atoms with Gasteiger partial charge in [-0.1, -0.05) is 29.8 Å². The first kappa shape index (κ1) is 35.0. The van der Waals surface area contributed by atoms with E-state index < -0.39 is 18.2 Å². The lowest BCUT2D eigenvalue weighted by molar-refractivity contribution is -0.145. The normalized spacial score (nSPS) is 15.6. The number of carboxylic acids is 1. The van der Waals surface area contributed by atoms with Crippen molar-refractivity contribution in [3.63, 3.8) is 0 Å². The average molecular weight is 790 g/mol. The average Bonchev–Trinajstić information content (AvgIpc) is 3.50. The van der Waals surface area contributed by atoms with Crippen molar-refractivity contribution in [1.82, 2.24) is 19.9 Å². The molecule has 0 spiro atoms. The summed E-state index contributed by atoms with van der Waals surface area (Å²) in [6.45, 7) is 1.42. The number of carbonyl (C=O) groups is 1. The van der Waals surface area contributed by atoms with E-state index in [0.29, 0.717) is 71.8 Å². The van der Waals surface area contributed by atoms with Crippen LogP contribution in [0.1, 0.15) is 16.8 Å². The zero-order valence-electron chi connectivity index (χ0n) is 27.7.